The van der Waals surface area contributed by atoms with Gasteiger partial charge in [0.2, 0.25) is 6.79 Å². The molecule has 0 saturated heterocycles. The Balaban J connectivity index is 1.56. The Morgan fingerprint density at radius 3 is 2.35 bits per heavy atom. The highest BCUT2D eigenvalue weighted by Crippen LogP contribution is 2.33. The van der Waals surface area contributed by atoms with Crippen LogP contribution in [0.1, 0.15) is 21.5 Å². The zero-order chi connectivity index (χ0) is 24.1. The van der Waals surface area contributed by atoms with Gasteiger partial charge in [0, 0.05) is 30.8 Å². The van der Waals surface area contributed by atoms with Gasteiger partial charge in [0.05, 0.1) is 19.1 Å². The molecule has 0 atom stereocenters. The van der Waals surface area contributed by atoms with Gasteiger partial charge in [0.25, 0.3) is 11.6 Å². The van der Waals surface area contributed by atoms with E-state index in [9.17, 15) is 14.9 Å². The van der Waals surface area contributed by atoms with Crippen LogP contribution >= 0.6 is 0 Å². The number of ether oxygens (including phenoxy) is 4. The third kappa shape index (κ3) is 5.03. The molecule has 1 aliphatic heterocycles. The summed E-state index contributed by atoms with van der Waals surface area (Å²) in [6, 6.07) is 16.8. The molecule has 3 aromatic rings. The largest absolute Gasteiger partial charge is 0.493 e. The molecule has 0 radical (unpaired) electrons. The smallest absolute Gasteiger partial charge is 0.269 e. The number of fused-ring (bicyclic) bond motifs is 1. The number of rotatable bonds is 9. The highest BCUT2D eigenvalue weighted by atomic mass is 16.7. The van der Waals surface area contributed by atoms with Crippen molar-refractivity contribution in [3.63, 3.8) is 0 Å². The van der Waals surface area contributed by atoms with E-state index < -0.39 is 4.92 Å². The fourth-order valence-corrected chi connectivity index (χ4v) is 3.72. The van der Waals surface area contributed by atoms with Crippen molar-refractivity contribution < 1.29 is 28.7 Å². The normalized spacial score (nSPS) is 11.7. The molecule has 3 aromatic carbocycles. The summed E-state index contributed by atoms with van der Waals surface area (Å²) in [4.78, 5) is 25.6. The van der Waals surface area contributed by atoms with Crippen LogP contribution in [0.25, 0.3) is 0 Å². The molecule has 9 heteroatoms. The van der Waals surface area contributed by atoms with E-state index in [0.29, 0.717) is 48.1 Å². The first-order valence-electron chi connectivity index (χ1n) is 10.6. The Labute approximate surface area is 196 Å². The van der Waals surface area contributed by atoms with Crippen molar-refractivity contribution in [2.75, 3.05) is 27.6 Å². The van der Waals surface area contributed by atoms with E-state index in [-0.39, 0.29) is 18.4 Å². The summed E-state index contributed by atoms with van der Waals surface area (Å²) in [7, 11) is 3.15. The Morgan fingerprint density at radius 1 is 0.941 bits per heavy atom. The standard InChI is InChI=1S/C25H24N2O7/c1-31-21-9-3-17(13-23(21)32-2)11-12-26(15-18-4-10-22-24(14-18)34-16-33-22)25(28)19-5-7-20(8-6-19)27(29)30/h3-10,13-14H,11-12,15-16H2,1-2H3. The summed E-state index contributed by atoms with van der Waals surface area (Å²) in [5.74, 6) is 2.32. The molecule has 1 heterocycles. The number of carbonyl (C=O) groups excluding carboxylic acids is 1. The second-order valence-corrected chi connectivity index (χ2v) is 7.66. The molecule has 0 bridgehead atoms. The van der Waals surface area contributed by atoms with Crippen molar-refractivity contribution in [1.29, 1.82) is 0 Å². The maximum atomic E-state index is 13.4. The van der Waals surface area contributed by atoms with Crippen LogP contribution in [0.2, 0.25) is 0 Å². The average molecular weight is 464 g/mol. The van der Waals surface area contributed by atoms with Gasteiger partial charge in [-0.2, -0.15) is 0 Å². The van der Waals surface area contributed by atoms with E-state index in [2.05, 4.69) is 0 Å². The zero-order valence-electron chi connectivity index (χ0n) is 18.9. The number of nitro groups is 1. The van der Waals surface area contributed by atoms with E-state index in [4.69, 9.17) is 18.9 Å². The summed E-state index contributed by atoms with van der Waals surface area (Å²) in [6.07, 6.45) is 0.573. The van der Waals surface area contributed by atoms with Crippen LogP contribution in [0.3, 0.4) is 0 Å². The van der Waals surface area contributed by atoms with Crippen LogP contribution in [0, 0.1) is 10.1 Å². The Hall–Kier alpha value is -4.27. The first kappa shape index (κ1) is 22.9. The second kappa shape index (κ2) is 10.1. The number of amides is 1. The van der Waals surface area contributed by atoms with Crippen molar-refractivity contribution in [1.82, 2.24) is 4.90 Å². The van der Waals surface area contributed by atoms with E-state index in [1.54, 1.807) is 19.1 Å². The Morgan fingerprint density at radius 2 is 1.65 bits per heavy atom. The molecule has 4 rings (SSSR count). The van der Waals surface area contributed by atoms with Gasteiger partial charge in [-0.25, -0.2) is 0 Å². The average Bonchev–Trinajstić information content (AvgIpc) is 3.34. The molecule has 34 heavy (non-hydrogen) atoms. The predicted molar refractivity (Wildman–Crippen MR) is 124 cm³/mol. The van der Waals surface area contributed by atoms with Gasteiger partial charge in [-0.1, -0.05) is 12.1 Å². The molecule has 0 saturated carbocycles. The number of nitro benzene ring substituents is 1. The quantitative estimate of drug-likeness (QED) is 0.345. The van der Waals surface area contributed by atoms with Gasteiger partial charge in [-0.05, 0) is 53.9 Å². The third-order valence-electron chi connectivity index (χ3n) is 5.54. The number of non-ortho nitro benzene ring substituents is 1. The summed E-state index contributed by atoms with van der Waals surface area (Å²) < 4.78 is 21.5. The highest BCUT2D eigenvalue weighted by molar-refractivity contribution is 5.94. The lowest BCUT2D eigenvalue weighted by Crippen LogP contribution is -2.32. The monoisotopic (exact) mass is 464 g/mol. The topological polar surface area (TPSA) is 100 Å². The summed E-state index contributed by atoms with van der Waals surface area (Å²) in [5.41, 5.74) is 2.17. The fraction of sp³-hybridized carbons (Fsp3) is 0.240. The Bertz CT molecular complexity index is 1190. The van der Waals surface area contributed by atoms with Gasteiger partial charge in [0.15, 0.2) is 23.0 Å². The molecular weight excluding hydrogens is 440 g/mol. The molecule has 9 nitrogen and oxygen atoms in total. The molecule has 0 spiro atoms. The number of hydrogen-bond donors (Lipinski definition) is 0. The van der Waals surface area contributed by atoms with Gasteiger partial charge in [-0.15, -0.1) is 0 Å². The van der Waals surface area contributed by atoms with E-state index in [1.165, 1.54) is 24.3 Å². The zero-order valence-corrected chi connectivity index (χ0v) is 18.9. The lowest BCUT2D eigenvalue weighted by atomic mass is 10.1. The SMILES string of the molecule is COc1ccc(CCN(Cc2ccc3c(c2)OCO3)C(=O)c2ccc([N+](=O)[O-])cc2)cc1OC. The minimum atomic E-state index is -0.490. The van der Waals surface area contributed by atoms with Crippen molar-refractivity contribution in [2.24, 2.45) is 0 Å². The minimum absolute atomic E-state index is 0.0656. The van der Waals surface area contributed by atoms with Gasteiger partial charge in [0.1, 0.15) is 0 Å². The van der Waals surface area contributed by atoms with Crippen LogP contribution in [-0.4, -0.2) is 43.3 Å². The first-order chi connectivity index (χ1) is 16.5. The molecular formula is C25H24N2O7. The maximum absolute atomic E-state index is 13.4. The fourth-order valence-electron chi connectivity index (χ4n) is 3.72. The molecule has 1 aliphatic rings. The molecule has 176 valence electrons. The van der Waals surface area contributed by atoms with Crippen LogP contribution in [0.5, 0.6) is 23.0 Å². The summed E-state index contributed by atoms with van der Waals surface area (Å²) in [6.45, 7) is 0.920. The number of methoxy groups -OCH3 is 2. The van der Waals surface area contributed by atoms with Crippen molar-refractivity contribution >= 4 is 11.6 Å². The van der Waals surface area contributed by atoms with Gasteiger partial charge >= 0.3 is 0 Å². The third-order valence-corrected chi connectivity index (χ3v) is 5.54. The summed E-state index contributed by atoms with van der Waals surface area (Å²) >= 11 is 0. The maximum Gasteiger partial charge on any atom is 0.269 e. The highest BCUT2D eigenvalue weighted by Gasteiger charge is 2.20. The second-order valence-electron chi connectivity index (χ2n) is 7.66. The molecule has 1 amide bonds. The Kier molecular flexibility index (Phi) is 6.82. The lowest BCUT2D eigenvalue weighted by Gasteiger charge is -2.23. The molecule has 0 aliphatic carbocycles. The van der Waals surface area contributed by atoms with Crippen molar-refractivity contribution in [3.8, 4) is 23.0 Å². The number of nitrogens with zero attached hydrogens (tertiary/aromatic N) is 2. The van der Waals surface area contributed by atoms with E-state index in [1.807, 2.05) is 36.4 Å². The van der Waals surface area contributed by atoms with Crippen LogP contribution in [0.15, 0.2) is 60.7 Å². The van der Waals surface area contributed by atoms with Crippen LogP contribution < -0.4 is 18.9 Å². The molecule has 0 N–H and O–H groups in total. The minimum Gasteiger partial charge on any atom is -0.493 e. The van der Waals surface area contributed by atoms with Gasteiger partial charge < -0.3 is 23.8 Å². The van der Waals surface area contributed by atoms with E-state index >= 15 is 0 Å². The predicted octanol–water partition coefficient (Wildman–Crippen LogP) is 4.23. The summed E-state index contributed by atoms with van der Waals surface area (Å²) in [5, 5.41) is 11.0. The first-order valence-corrected chi connectivity index (χ1v) is 10.6. The van der Waals surface area contributed by atoms with Crippen molar-refractivity contribution in [2.45, 2.75) is 13.0 Å². The van der Waals surface area contributed by atoms with Gasteiger partial charge in [-0.3, -0.25) is 14.9 Å². The van der Waals surface area contributed by atoms with E-state index in [0.717, 1.165) is 11.1 Å². The molecule has 0 fully saturated rings. The molecule has 0 unspecified atom stereocenters. The van der Waals surface area contributed by atoms with Crippen molar-refractivity contribution in [3.05, 3.63) is 87.5 Å². The lowest BCUT2D eigenvalue weighted by molar-refractivity contribution is -0.384. The number of benzene rings is 3. The number of hydrogen-bond acceptors (Lipinski definition) is 7. The van der Waals surface area contributed by atoms with Crippen LogP contribution in [-0.2, 0) is 13.0 Å². The van der Waals surface area contributed by atoms with Crippen LogP contribution in [0.4, 0.5) is 5.69 Å². The number of carbonyl (C=O) groups is 1. The molecule has 0 aromatic heterocycles.